The van der Waals surface area contributed by atoms with E-state index in [-0.39, 0.29) is 16.6 Å². The molecule has 0 aliphatic carbocycles. The molecule has 0 atom stereocenters. The van der Waals surface area contributed by atoms with Crippen molar-refractivity contribution < 1.29 is 14.5 Å². The summed E-state index contributed by atoms with van der Waals surface area (Å²) < 4.78 is 4.48. The number of carbonyl (C=O) groups excluding carboxylic acids is 1. The third kappa shape index (κ3) is 6.65. The van der Waals surface area contributed by atoms with E-state index in [1.54, 1.807) is 6.92 Å². The molecule has 0 unspecified atom stereocenters. The van der Waals surface area contributed by atoms with E-state index in [2.05, 4.69) is 4.74 Å². The monoisotopic (exact) mass is 215 g/mol. The van der Waals surface area contributed by atoms with Crippen molar-refractivity contribution in [3.63, 3.8) is 0 Å². The first-order valence-electron chi connectivity index (χ1n) is 4.98. The highest BCUT2D eigenvalue weighted by atomic mass is 16.6. The molecule has 0 fully saturated rings. The summed E-state index contributed by atoms with van der Waals surface area (Å²) in [6.07, 6.45) is 4.63. The number of allylic oxidation sites excluding steroid dienone is 2. The fourth-order valence-electron chi connectivity index (χ4n) is 1.20. The molecule has 0 aromatic carbocycles. The molecule has 0 aromatic heterocycles. The molecule has 86 valence electrons. The number of unbranched alkanes of at least 4 members (excludes halogenated alkanes) is 2. The largest absolute Gasteiger partial charge is 0.469 e. The molecule has 0 N–H and O–H groups in total. The molecule has 0 saturated heterocycles. The second-order valence-corrected chi connectivity index (χ2v) is 3.17. The lowest BCUT2D eigenvalue weighted by atomic mass is 10.1. The smallest absolute Gasteiger partial charge is 0.305 e. The molecule has 0 rings (SSSR count). The van der Waals surface area contributed by atoms with Gasteiger partial charge in [0.1, 0.15) is 0 Å². The van der Waals surface area contributed by atoms with E-state index in [0.717, 1.165) is 19.3 Å². The van der Waals surface area contributed by atoms with Gasteiger partial charge < -0.3 is 4.74 Å². The van der Waals surface area contributed by atoms with E-state index < -0.39 is 0 Å². The van der Waals surface area contributed by atoms with Gasteiger partial charge in [0, 0.05) is 12.8 Å². The molecule has 0 bridgehead atoms. The summed E-state index contributed by atoms with van der Waals surface area (Å²) in [5, 5.41) is 10.4. The van der Waals surface area contributed by atoms with Gasteiger partial charge in [-0.1, -0.05) is 6.42 Å². The number of methoxy groups -OCH3 is 1. The number of hydrogen-bond acceptors (Lipinski definition) is 4. The van der Waals surface area contributed by atoms with Crippen LogP contribution in [0.25, 0.3) is 0 Å². The maximum atomic E-state index is 10.7. The number of rotatable bonds is 7. The summed E-state index contributed by atoms with van der Waals surface area (Å²) in [6.45, 7) is 1.66. The Morgan fingerprint density at radius 2 is 1.93 bits per heavy atom. The molecule has 0 aliphatic rings. The topological polar surface area (TPSA) is 69.4 Å². The molecule has 0 radical (unpaired) electrons. The van der Waals surface area contributed by atoms with Crippen molar-refractivity contribution in [3.8, 4) is 0 Å². The van der Waals surface area contributed by atoms with Crippen LogP contribution in [0.4, 0.5) is 0 Å². The summed E-state index contributed by atoms with van der Waals surface area (Å²) in [5.41, 5.74) is 0.244. The summed E-state index contributed by atoms with van der Waals surface area (Å²) >= 11 is 0. The second kappa shape index (κ2) is 7.96. The van der Waals surface area contributed by atoms with Crippen LogP contribution in [0, 0.1) is 10.1 Å². The lowest BCUT2D eigenvalue weighted by molar-refractivity contribution is -0.428. The Kier molecular flexibility index (Phi) is 7.23. The van der Waals surface area contributed by atoms with Gasteiger partial charge in [0.05, 0.1) is 12.0 Å². The molecule has 0 saturated carbocycles. The van der Waals surface area contributed by atoms with E-state index in [1.165, 1.54) is 13.2 Å². The van der Waals surface area contributed by atoms with E-state index in [1.807, 2.05) is 0 Å². The highest BCUT2D eigenvalue weighted by Crippen LogP contribution is 2.10. The summed E-state index contributed by atoms with van der Waals surface area (Å²) in [5.74, 6) is -0.226. The van der Waals surface area contributed by atoms with Gasteiger partial charge in [-0.3, -0.25) is 14.9 Å². The minimum absolute atomic E-state index is 0.226. The van der Waals surface area contributed by atoms with E-state index in [4.69, 9.17) is 0 Å². The Morgan fingerprint density at radius 1 is 1.33 bits per heavy atom. The van der Waals surface area contributed by atoms with Crippen LogP contribution >= 0.6 is 0 Å². The predicted molar refractivity (Wildman–Crippen MR) is 55.9 cm³/mol. The van der Waals surface area contributed by atoms with Crippen molar-refractivity contribution in [2.45, 2.75) is 39.0 Å². The lowest BCUT2D eigenvalue weighted by Crippen LogP contribution is -2.00. The first-order chi connectivity index (χ1) is 7.11. The minimum atomic E-state index is -0.361. The molecule has 5 nitrogen and oxygen atoms in total. The third-order valence-electron chi connectivity index (χ3n) is 2.11. The fraction of sp³-hybridized carbons (Fsp3) is 0.700. The van der Waals surface area contributed by atoms with Gasteiger partial charge in [0.25, 0.3) is 0 Å². The summed E-state index contributed by atoms with van der Waals surface area (Å²) in [7, 11) is 1.35. The van der Waals surface area contributed by atoms with Gasteiger partial charge in [-0.25, -0.2) is 0 Å². The average molecular weight is 215 g/mol. The number of carbonyl (C=O) groups is 1. The van der Waals surface area contributed by atoms with Crippen molar-refractivity contribution >= 4 is 5.97 Å². The zero-order valence-electron chi connectivity index (χ0n) is 9.19. The first kappa shape index (κ1) is 13.6. The maximum Gasteiger partial charge on any atom is 0.305 e. The number of hydrogen-bond donors (Lipinski definition) is 0. The molecule has 0 aromatic rings. The van der Waals surface area contributed by atoms with Gasteiger partial charge in [-0.15, -0.1) is 0 Å². The summed E-state index contributed by atoms with van der Waals surface area (Å²) in [4.78, 5) is 20.8. The Morgan fingerprint density at radius 3 is 2.40 bits per heavy atom. The van der Waals surface area contributed by atoms with Crippen LogP contribution in [0.15, 0.2) is 11.8 Å². The number of esters is 1. The highest BCUT2D eigenvalue weighted by molar-refractivity contribution is 5.68. The van der Waals surface area contributed by atoms with Gasteiger partial charge in [-0.2, -0.15) is 0 Å². The van der Waals surface area contributed by atoms with E-state index in [0.29, 0.717) is 12.8 Å². The van der Waals surface area contributed by atoms with Crippen LogP contribution in [0.5, 0.6) is 0 Å². The maximum absolute atomic E-state index is 10.7. The molecular formula is C10H17NO4. The zero-order valence-corrected chi connectivity index (χ0v) is 9.19. The molecule has 0 heterocycles. The van der Waals surface area contributed by atoms with Gasteiger partial charge in [0.15, 0.2) is 0 Å². The van der Waals surface area contributed by atoms with Crippen LogP contribution in [-0.4, -0.2) is 18.0 Å². The van der Waals surface area contributed by atoms with Crippen LogP contribution < -0.4 is 0 Å². The minimum Gasteiger partial charge on any atom is -0.469 e. The van der Waals surface area contributed by atoms with Crippen LogP contribution in [0.3, 0.4) is 0 Å². The van der Waals surface area contributed by atoms with Gasteiger partial charge in [0.2, 0.25) is 5.70 Å². The quantitative estimate of drug-likeness (QED) is 0.283. The molecular weight excluding hydrogens is 198 g/mol. The van der Waals surface area contributed by atoms with Crippen LogP contribution in [0.2, 0.25) is 0 Å². The molecule has 0 aliphatic heterocycles. The molecule has 15 heavy (non-hydrogen) atoms. The van der Waals surface area contributed by atoms with Crippen molar-refractivity contribution in [3.05, 3.63) is 21.9 Å². The first-order valence-corrected chi connectivity index (χ1v) is 4.98. The normalized spacial score (nSPS) is 11.2. The van der Waals surface area contributed by atoms with Gasteiger partial charge >= 0.3 is 5.97 Å². The third-order valence-corrected chi connectivity index (χ3v) is 2.11. The second-order valence-electron chi connectivity index (χ2n) is 3.17. The van der Waals surface area contributed by atoms with Crippen molar-refractivity contribution in [2.24, 2.45) is 0 Å². The Hall–Kier alpha value is -1.39. The Labute approximate surface area is 89.3 Å². The van der Waals surface area contributed by atoms with E-state index in [9.17, 15) is 14.9 Å². The van der Waals surface area contributed by atoms with Crippen molar-refractivity contribution in [1.82, 2.24) is 0 Å². The van der Waals surface area contributed by atoms with Crippen molar-refractivity contribution in [2.75, 3.05) is 7.11 Å². The van der Waals surface area contributed by atoms with Crippen molar-refractivity contribution in [1.29, 1.82) is 0 Å². The standard InChI is InChI=1S/C10H17NO4/c1-3-9(11(13)14)7-5-4-6-8-10(12)15-2/h3H,4-8H2,1-2H3/b9-3-. The SMILES string of the molecule is C/C=C(/CCCCCC(=O)OC)[N+](=O)[O-]. The number of ether oxygens (including phenoxy) is 1. The number of nitrogens with zero attached hydrogens (tertiary/aromatic N) is 1. The molecule has 5 heteroatoms. The molecule has 0 spiro atoms. The van der Waals surface area contributed by atoms with Crippen LogP contribution in [-0.2, 0) is 9.53 Å². The predicted octanol–water partition coefficient (Wildman–Crippen LogP) is 2.29. The van der Waals surface area contributed by atoms with Crippen LogP contribution in [0.1, 0.15) is 39.0 Å². The highest BCUT2D eigenvalue weighted by Gasteiger charge is 2.08. The Balaban J connectivity index is 3.54. The average Bonchev–Trinajstić information content (AvgIpc) is 2.22. The van der Waals surface area contributed by atoms with E-state index >= 15 is 0 Å². The fourth-order valence-corrected chi connectivity index (χ4v) is 1.20. The molecule has 0 amide bonds. The lowest BCUT2D eigenvalue weighted by Gasteiger charge is -1.99. The summed E-state index contributed by atoms with van der Waals surface area (Å²) in [6, 6.07) is 0. The van der Waals surface area contributed by atoms with Gasteiger partial charge in [-0.05, 0) is 25.8 Å². The Bertz CT molecular complexity index is 248. The zero-order chi connectivity index (χ0) is 11.7. The number of nitro groups is 1.